The summed E-state index contributed by atoms with van der Waals surface area (Å²) in [5, 5.41) is 13.8. The summed E-state index contributed by atoms with van der Waals surface area (Å²) in [6.45, 7) is 3.25. The molecule has 0 bridgehead atoms. The molecule has 2 aromatic rings. The fourth-order valence-corrected chi connectivity index (χ4v) is 2.84. The van der Waals surface area contributed by atoms with Crippen molar-refractivity contribution in [2.45, 2.75) is 24.8 Å². The normalized spacial score (nSPS) is 11.4. The number of carbonyl (C=O) groups is 2. The number of anilines is 1. The van der Waals surface area contributed by atoms with Gasteiger partial charge in [-0.2, -0.15) is 0 Å². The number of nitro groups is 1. The Morgan fingerprint density at radius 2 is 1.93 bits per heavy atom. The molecule has 1 unspecified atom stereocenters. The number of hydrogen-bond acceptors (Lipinski definition) is 7. The molecule has 0 aromatic heterocycles. The van der Waals surface area contributed by atoms with Crippen LogP contribution in [0.15, 0.2) is 41.3 Å². The lowest BCUT2D eigenvalue weighted by Gasteiger charge is -2.16. The van der Waals surface area contributed by atoms with Gasteiger partial charge in [0.1, 0.15) is 11.3 Å². The number of nitrogens with one attached hydrogen (secondary N) is 1. The number of amides is 1. The molecule has 2 aromatic carbocycles. The molecule has 1 atom stereocenters. The van der Waals surface area contributed by atoms with Crippen LogP contribution in [0, 0.1) is 17.0 Å². The van der Waals surface area contributed by atoms with Crippen LogP contribution in [-0.4, -0.2) is 36.3 Å². The SMILES string of the molecule is COc1ccc(C)cc1NC(=O)C(C)OC(=O)c1cc(SC)ccc1[N+](=O)[O-]. The Morgan fingerprint density at radius 3 is 2.54 bits per heavy atom. The average Bonchev–Trinajstić information content (AvgIpc) is 2.67. The van der Waals surface area contributed by atoms with Gasteiger partial charge in [-0.1, -0.05) is 6.07 Å². The molecule has 8 nitrogen and oxygen atoms in total. The molecule has 1 amide bonds. The van der Waals surface area contributed by atoms with Gasteiger partial charge in [-0.3, -0.25) is 14.9 Å². The van der Waals surface area contributed by atoms with E-state index in [1.54, 1.807) is 24.5 Å². The lowest BCUT2D eigenvalue weighted by Crippen LogP contribution is -2.30. The van der Waals surface area contributed by atoms with Crippen LogP contribution in [-0.2, 0) is 9.53 Å². The molecule has 2 rings (SSSR count). The maximum atomic E-state index is 12.4. The number of hydrogen-bond donors (Lipinski definition) is 1. The van der Waals surface area contributed by atoms with Crippen molar-refractivity contribution in [1.29, 1.82) is 0 Å². The highest BCUT2D eigenvalue weighted by atomic mass is 32.2. The zero-order valence-corrected chi connectivity index (χ0v) is 16.7. The van der Waals surface area contributed by atoms with E-state index in [-0.39, 0.29) is 11.3 Å². The van der Waals surface area contributed by atoms with Gasteiger partial charge in [0.2, 0.25) is 0 Å². The fraction of sp³-hybridized carbons (Fsp3) is 0.263. The molecule has 0 spiro atoms. The third kappa shape index (κ3) is 5.01. The van der Waals surface area contributed by atoms with E-state index in [2.05, 4.69) is 5.32 Å². The summed E-state index contributed by atoms with van der Waals surface area (Å²) in [6, 6.07) is 9.41. The molecular formula is C19H20N2O6S. The predicted molar refractivity (Wildman–Crippen MR) is 106 cm³/mol. The van der Waals surface area contributed by atoms with Crippen molar-refractivity contribution in [2.75, 3.05) is 18.7 Å². The van der Waals surface area contributed by atoms with Crippen molar-refractivity contribution in [3.05, 3.63) is 57.6 Å². The van der Waals surface area contributed by atoms with Crippen molar-refractivity contribution >= 4 is 35.0 Å². The number of nitro benzene ring substituents is 1. The molecule has 1 N–H and O–H groups in total. The van der Waals surface area contributed by atoms with Crippen molar-refractivity contribution in [3.63, 3.8) is 0 Å². The molecule has 9 heteroatoms. The second kappa shape index (κ2) is 9.23. The molecule has 0 saturated carbocycles. The Balaban J connectivity index is 2.17. The Bertz CT molecular complexity index is 915. The number of benzene rings is 2. The molecule has 28 heavy (non-hydrogen) atoms. The summed E-state index contributed by atoms with van der Waals surface area (Å²) in [5.41, 5.74) is 0.761. The van der Waals surface area contributed by atoms with E-state index >= 15 is 0 Å². The molecule has 0 fully saturated rings. The first-order chi connectivity index (χ1) is 13.3. The molecule has 0 saturated heterocycles. The molecule has 0 radical (unpaired) electrons. The van der Waals surface area contributed by atoms with Crippen molar-refractivity contribution < 1.29 is 24.0 Å². The fourth-order valence-electron chi connectivity index (χ4n) is 2.40. The van der Waals surface area contributed by atoms with Gasteiger partial charge >= 0.3 is 5.97 Å². The largest absolute Gasteiger partial charge is 0.495 e. The number of thioether (sulfide) groups is 1. The summed E-state index contributed by atoms with van der Waals surface area (Å²) in [6.07, 6.45) is 0.608. The zero-order chi connectivity index (χ0) is 20.8. The molecule has 0 aliphatic heterocycles. The number of aryl methyl sites for hydroxylation is 1. The van der Waals surface area contributed by atoms with E-state index in [4.69, 9.17) is 9.47 Å². The maximum absolute atomic E-state index is 12.4. The first-order valence-electron chi connectivity index (χ1n) is 8.25. The van der Waals surface area contributed by atoms with Crippen LogP contribution in [0.4, 0.5) is 11.4 Å². The summed E-state index contributed by atoms with van der Waals surface area (Å²) in [7, 11) is 1.47. The quantitative estimate of drug-likeness (QED) is 0.323. The summed E-state index contributed by atoms with van der Waals surface area (Å²) >= 11 is 1.33. The number of ether oxygens (including phenoxy) is 2. The highest BCUT2D eigenvalue weighted by Crippen LogP contribution is 2.27. The van der Waals surface area contributed by atoms with Crippen LogP contribution in [0.25, 0.3) is 0 Å². The van der Waals surface area contributed by atoms with Crippen LogP contribution < -0.4 is 10.1 Å². The summed E-state index contributed by atoms with van der Waals surface area (Å²) in [5.74, 6) is -1.07. The summed E-state index contributed by atoms with van der Waals surface area (Å²) < 4.78 is 10.4. The number of methoxy groups -OCH3 is 1. The zero-order valence-electron chi connectivity index (χ0n) is 15.8. The van der Waals surface area contributed by atoms with E-state index in [1.807, 2.05) is 13.0 Å². The smallest absolute Gasteiger partial charge is 0.345 e. The number of nitrogens with zero attached hydrogens (tertiary/aromatic N) is 1. The molecule has 148 valence electrons. The van der Waals surface area contributed by atoms with Gasteiger partial charge in [-0.25, -0.2) is 4.79 Å². The van der Waals surface area contributed by atoms with Gasteiger partial charge in [-0.05, 0) is 49.9 Å². The highest BCUT2D eigenvalue weighted by Gasteiger charge is 2.26. The van der Waals surface area contributed by atoms with Gasteiger partial charge in [-0.15, -0.1) is 11.8 Å². The standard InChI is InChI=1S/C19H20N2O6S/c1-11-5-8-17(26-3)15(9-11)20-18(22)12(2)27-19(23)14-10-13(28-4)6-7-16(14)21(24)25/h5-10,12H,1-4H3,(H,20,22). The third-order valence-electron chi connectivity index (χ3n) is 3.89. The lowest BCUT2D eigenvalue weighted by atomic mass is 10.2. The lowest BCUT2D eigenvalue weighted by molar-refractivity contribution is -0.385. The van der Waals surface area contributed by atoms with Crippen LogP contribution in [0.3, 0.4) is 0 Å². The van der Waals surface area contributed by atoms with E-state index in [1.165, 1.54) is 37.9 Å². The van der Waals surface area contributed by atoms with E-state index < -0.39 is 22.9 Å². The summed E-state index contributed by atoms with van der Waals surface area (Å²) in [4.78, 5) is 36.0. The van der Waals surface area contributed by atoms with Crippen LogP contribution in [0.1, 0.15) is 22.8 Å². The minimum absolute atomic E-state index is 0.204. The monoisotopic (exact) mass is 404 g/mol. The first-order valence-corrected chi connectivity index (χ1v) is 9.48. The van der Waals surface area contributed by atoms with Gasteiger partial charge in [0, 0.05) is 11.0 Å². The van der Waals surface area contributed by atoms with Crippen LogP contribution in [0.5, 0.6) is 5.75 Å². The van der Waals surface area contributed by atoms with Gasteiger partial charge in [0.25, 0.3) is 11.6 Å². The van der Waals surface area contributed by atoms with Crippen LogP contribution in [0.2, 0.25) is 0 Å². The Morgan fingerprint density at radius 1 is 1.21 bits per heavy atom. The minimum Gasteiger partial charge on any atom is -0.495 e. The van der Waals surface area contributed by atoms with Gasteiger partial charge in [0.05, 0.1) is 17.7 Å². The van der Waals surface area contributed by atoms with E-state index in [9.17, 15) is 19.7 Å². The second-order valence-corrected chi connectivity index (χ2v) is 6.76. The Kier molecular flexibility index (Phi) is 7.00. The number of esters is 1. The predicted octanol–water partition coefficient (Wildman–Crippen LogP) is 3.82. The topological polar surface area (TPSA) is 108 Å². The molecular weight excluding hydrogens is 384 g/mol. The average molecular weight is 404 g/mol. The van der Waals surface area contributed by atoms with Crippen LogP contribution >= 0.6 is 11.8 Å². The third-order valence-corrected chi connectivity index (χ3v) is 4.61. The van der Waals surface area contributed by atoms with Gasteiger partial charge in [0.15, 0.2) is 6.10 Å². The second-order valence-electron chi connectivity index (χ2n) is 5.88. The van der Waals surface area contributed by atoms with Crippen molar-refractivity contribution in [2.24, 2.45) is 0 Å². The van der Waals surface area contributed by atoms with Crippen molar-refractivity contribution in [3.8, 4) is 5.75 Å². The molecule has 0 aliphatic rings. The molecule has 0 aliphatic carbocycles. The van der Waals surface area contributed by atoms with Crippen molar-refractivity contribution in [1.82, 2.24) is 0 Å². The Hall–Kier alpha value is -3.07. The number of carbonyl (C=O) groups excluding carboxylic acids is 2. The Labute approximate surface area is 166 Å². The maximum Gasteiger partial charge on any atom is 0.345 e. The minimum atomic E-state index is -1.17. The van der Waals surface area contributed by atoms with E-state index in [0.29, 0.717) is 16.3 Å². The van der Waals surface area contributed by atoms with Gasteiger partial charge < -0.3 is 14.8 Å². The number of rotatable bonds is 7. The van der Waals surface area contributed by atoms with E-state index in [0.717, 1.165) is 5.56 Å². The first kappa shape index (κ1) is 21.2. The molecule has 0 heterocycles. The highest BCUT2D eigenvalue weighted by molar-refractivity contribution is 7.98.